The number of halogens is 1. The Morgan fingerprint density at radius 1 is 1.06 bits per heavy atom. The Morgan fingerprint density at radius 2 is 1.69 bits per heavy atom. The molecule has 0 aliphatic carbocycles. The summed E-state index contributed by atoms with van der Waals surface area (Å²) in [4.78, 5) is 23.8. The minimum absolute atomic E-state index is 0.0143. The van der Waals surface area contributed by atoms with Crippen molar-refractivity contribution in [3.8, 4) is 5.75 Å². The van der Waals surface area contributed by atoms with Crippen LogP contribution in [-0.2, 0) is 10.0 Å². The van der Waals surface area contributed by atoms with Gasteiger partial charge in [0.2, 0.25) is 0 Å². The number of hydrogen-bond donors (Lipinski definition) is 0. The molecule has 0 aliphatic heterocycles. The standard InChI is InChI=1S/C22H19ClN2O6S/c1-3-31-19-9-7-18(8-10-19)24(32(29,30)20-11-5-17(23)6-12-20)22(26)16-4-13-21(25(27)28)15(2)14-16/h4-14H,3H2,1-2H3. The van der Waals surface area contributed by atoms with Crippen molar-refractivity contribution in [3.05, 3.63) is 93.0 Å². The Hall–Kier alpha value is -3.43. The molecular weight excluding hydrogens is 456 g/mol. The number of carbonyl (C=O) groups excluding carboxylic acids is 1. The van der Waals surface area contributed by atoms with Crippen molar-refractivity contribution in [3.63, 3.8) is 0 Å². The van der Waals surface area contributed by atoms with E-state index < -0.39 is 20.9 Å². The number of nitro benzene ring substituents is 1. The molecule has 3 aromatic carbocycles. The van der Waals surface area contributed by atoms with Crippen molar-refractivity contribution < 1.29 is 22.9 Å². The predicted octanol–water partition coefficient (Wildman–Crippen LogP) is 4.99. The van der Waals surface area contributed by atoms with E-state index in [0.29, 0.717) is 21.7 Å². The van der Waals surface area contributed by atoms with Crippen molar-refractivity contribution in [1.82, 2.24) is 0 Å². The van der Waals surface area contributed by atoms with Crippen molar-refractivity contribution in [1.29, 1.82) is 0 Å². The number of rotatable bonds is 7. The topological polar surface area (TPSA) is 107 Å². The molecule has 0 aromatic heterocycles. The molecule has 0 fully saturated rings. The summed E-state index contributed by atoms with van der Waals surface area (Å²) in [5.74, 6) is -0.346. The van der Waals surface area contributed by atoms with Crippen LogP contribution in [0, 0.1) is 17.0 Å². The van der Waals surface area contributed by atoms with Gasteiger partial charge in [-0.05, 0) is 74.5 Å². The summed E-state index contributed by atoms with van der Waals surface area (Å²) in [6.07, 6.45) is 0. The van der Waals surface area contributed by atoms with Crippen LogP contribution in [0.1, 0.15) is 22.8 Å². The maximum Gasteiger partial charge on any atom is 0.272 e. The Balaban J connectivity index is 2.13. The van der Waals surface area contributed by atoms with Crippen LogP contribution in [0.2, 0.25) is 5.02 Å². The minimum Gasteiger partial charge on any atom is -0.494 e. The second-order valence-corrected chi connectivity index (χ2v) is 8.94. The molecular formula is C22H19ClN2O6S. The molecule has 0 heterocycles. The smallest absolute Gasteiger partial charge is 0.272 e. The molecule has 0 spiro atoms. The SMILES string of the molecule is CCOc1ccc(N(C(=O)c2ccc([N+](=O)[O-])c(C)c2)S(=O)(=O)c2ccc(Cl)cc2)cc1. The molecule has 0 saturated heterocycles. The van der Waals surface area contributed by atoms with Gasteiger partial charge in [-0.25, -0.2) is 8.42 Å². The quantitative estimate of drug-likeness (QED) is 0.352. The van der Waals surface area contributed by atoms with Gasteiger partial charge >= 0.3 is 0 Å². The van der Waals surface area contributed by atoms with Crippen LogP contribution in [0.3, 0.4) is 0 Å². The van der Waals surface area contributed by atoms with Gasteiger partial charge in [0.05, 0.1) is 22.1 Å². The van der Waals surface area contributed by atoms with Crippen molar-refractivity contribution in [2.45, 2.75) is 18.7 Å². The summed E-state index contributed by atoms with van der Waals surface area (Å²) in [5.41, 5.74) is 0.134. The Kier molecular flexibility index (Phi) is 6.81. The number of amides is 1. The number of aryl methyl sites for hydroxylation is 1. The first-order chi connectivity index (χ1) is 15.1. The van der Waals surface area contributed by atoms with E-state index in [1.165, 1.54) is 61.5 Å². The number of nitro groups is 1. The van der Waals surface area contributed by atoms with Gasteiger partial charge in [-0.15, -0.1) is 0 Å². The van der Waals surface area contributed by atoms with E-state index in [9.17, 15) is 23.3 Å². The molecule has 0 N–H and O–H groups in total. The van der Waals surface area contributed by atoms with Crippen LogP contribution < -0.4 is 9.04 Å². The highest BCUT2D eigenvalue weighted by atomic mass is 35.5. The van der Waals surface area contributed by atoms with E-state index in [2.05, 4.69) is 0 Å². The molecule has 0 saturated carbocycles. The highest BCUT2D eigenvalue weighted by Crippen LogP contribution is 2.29. The van der Waals surface area contributed by atoms with Crippen molar-refractivity contribution in [2.24, 2.45) is 0 Å². The number of ether oxygens (including phenoxy) is 1. The molecule has 0 aliphatic rings. The van der Waals surface area contributed by atoms with Gasteiger partial charge in [-0.3, -0.25) is 14.9 Å². The zero-order valence-corrected chi connectivity index (χ0v) is 18.8. The fourth-order valence-electron chi connectivity index (χ4n) is 3.03. The fraction of sp³-hybridized carbons (Fsp3) is 0.136. The number of nitrogens with zero attached hydrogens (tertiary/aromatic N) is 2. The Bertz CT molecular complexity index is 1260. The van der Waals surface area contributed by atoms with Crippen LogP contribution in [-0.4, -0.2) is 25.9 Å². The van der Waals surface area contributed by atoms with Crippen LogP contribution in [0.4, 0.5) is 11.4 Å². The molecule has 8 nitrogen and oxygen atoms in total. The lowest BCUT2D eigenvalue weighted by molar-refractivity contribution is -0.385. The lowest BCUT2D eigenvalue weighted by Gasteiger charge is -2.23. The molecule has 1 amide bonds. The molecule has 0 bridgehead atoms. The highest BCUT2D eigenvalue weighted by Gasteiger charge is 2.32. The van der Waals surface area contributed by atoms with Crippen LogP contribution >= 0.6 is 11.6 Å². The van der Waals surface area contributed by atoms with Crippen LogP contribution in [0.25, 0.3) is 0 Å². The third-order valence-electron chi connectivity index (χ3n) is 4.56. The number of carbonyl (C=O) groups is 1. The van der Waals surface area contributed by atoms with E-state index in [1.807, 2.05) is 6.92 Å². The molecule has 0 radical (unpaired) electrons. The molecule has 0 atom stereocenters. The first-order valence-corrected chi connectivity index (χ1v) is 11.3. The largest absolute Gasteiger partial charge is 0.494 e. The number of benzene rings is 3. The number of anilines is 1. The summed E-state index contributed by atoms with van der Waals surface area (Å²) in [7, 11) is -4.33. The van der Waals surface area contributed by atoms with Crippen LogP contribution in [0.15, 0.2) is 71.6 Å². The lowest BCUT2D eigenvalue weighted by atomic mass is 10.1. The molecule has 10 heteroatoms. The summed E-state index contributed by atoms with van der Waals surface area (Å²) in [5, 5.41) is 11.4. The molecule has 3 aromatic rings. The third kappa shape index (κ3) is 4.74. The van der Waals surface area contributed by atoms with Gasteiger partial charge in [0, 0.05) is 22.2 Å². The monoisotopic (exact) mass is 474 g/mol. The molecule has 166 valence electrons. The number of sulfonamides is 1. The summed E-state index contributed by atoms with van der Waals surface area (Å²) in [6.45, 7) is 3.71. The van der Waals surface area contributed by atoms with Gasteiger partial charge in [0.25, 0.3) is 21.6 Å². The van der Waals surface area contributed by atoms with E-state index >= 15 is 0 Å². The molecule has 32 heavy (non-hydrogen) atoms. The number of hydrogen-bond acceptors (Lipinski definition) is 6. The molecule has 3 rings (SSSR count). The van der Waals surface area contributed by atoms with E-state index in [0.717, 1.165) is 0 Å². The van der Waals surface area contributed by atoms with Gasteiger partial charge < -0.3 is 4.74 Å². The zero-order valence-electron chi connectivity index (χ0n) is 17.2. The average Bonchev–Trinajstić information content (AvgIpc) is 2.75. The predicted molar refractivity (Wildman–Crippen MR) is 121 cm³/mol. The summed E-state index contributed by atoms with van der Waals surface area (Å²) in [6, 6.07) is 15.1. The van der Waals surface area contributed by atoms with Crippen molar-refractivity contribution in [2.75, 3.05) is 10.9 Å². The maximum absolute atomic E-state index is 13.5. The second kappa shape index (κ2) is 9.37. The van der Waals surface area contributed by atoms with E-state index in [4.69, 9.17) is 16.3 Å². The van der Waals surface area contributed by atoms with Crippen molar-refractivity contribution >= 4 is 38.9 Å². The van der Waals surface area contributed by atoms with Gasteiger partial charge in [0.15, 0.2) is 0 Å². The zero-order chi connectivity index (χ0) is 23.5. The Morgan fingerprint density at radius 3 is 2.22 bits per heavy atom. The van der Waals surface area contributed by atoms with Crippen LogP contribution in [0.5, 0.6) is 5.75 Å². The maximum atomic E-state index is 13.5. The van der Waals surface area contributed by atoms with Gasteiger partial charge in [0.1, 0.15) is 5.75 Å². The summed E-state index contributed by atoms with van der Waals surface area (Å²) < 4.78 is 33.0. The normalized spacial score (nSPS) is 11.1. The molecule has 0 unspecified atom stereocenters. The second-order valence-electron chi connectivity index (χ2n) is 6.71. The third-order valence-corrected chi connectivity index (χ3v) is 6.54. The minimum atomic E-state index is -4.33. The average molecular weight is 475 g/mol. The van der Waals surface area contributed by atoms with E-state index in [1.54, 1.807) is 12.1 Å². The fourth-order valence-corrected chi connectivity index (χ4v) is 4.57. The summed E-state index contributed by atoms with van der Waals surface area (Å²) >= 11 is 5.88. The van der Waals surface area contributed by atoms with E-state index in [-0.39, 0.29) is 27.4 Å². The first-order valence-electron chi connectivity index (χ1n) is 9.48. The first kappa shape index (κ1) is 23.2. The highest BCUT2D eigenvalue weighted by molar-refractivity contribution is 7.93. The van der Waals surface area contributed by atoms with Gasteiger partial charge in [-0.1, -0.05) is 11.6 Å². The van der Waals surface area contributed by atoms with Gasteiger partial charge in [-0.2, -0.15) is 4.31 Å². The Labute approximate surface area is 190 Å². The lowest BCUT2D eigenvalue weighted by Crippen LogP contribution is -2.37.